The molecule has 1 saturated heterocycles. The number of aryl methyl sites for hydroxylation is 3. The minimum absolute atomic E-state index is 0.0794. The third kappa shape index (κ3) is 3.90. The first kappa shape index (κ1) is 16.4. The topological polar surface area (TPSA) is 75.9 Å². The second-order valence-electron chi connectivity index (χ2n) is 6.44. The molecule has 1 aliphatic rings. The summed E-state index contributed by atoms with van der Waals surface area (Å²) in [5.41, 5.74) is 0.890. The molecule has 7 heteroatoms. The quantitative estimate of drug-likeness (QED) is 0.939. The summed E-state index contributed by atoms with van der Waals surface area (Å²) in [4.78, 5) is 23.0. The fraction of sp³-hybridized carbons (Fsp3) is 0.529. The van der Waals surface area contributed by atoms with Gasteiger partial charge in [-0.1, -0.05) is 6.07 Å². The van der Waals surface area contributed by atoms with Gasteiger partial charge in [0.1, 0.15) is 17.5 Å². The molecule has 0 saturated carbocycles. The molecule has 1 fully saturated rings. The molecule has 1 aliphatic heterocycles. The van der Waals surface area contributed by atoms with Crippen LogP contribution in [0.2, 0.25) is 0 Å². The maximum absolute atomic E-state index is 12.5. The molecule has 0 aromatic carbocycles. The van der Waals surface area contributed by atoms with Crippen molar-refractivity contribution in [3.05, 3.63) is 35.5 Å². The van der Waals surface area contributed by atoms with Crippen molar-refractivity contribution in [2.75, 3.05) is 18.4 Å². The van der Waals surface area contributed by atoms with Gasteiger partial charge in [0.15, 0.2) is 0 Å². The maximum atomic E-state index is 12.5. The molecule has 0 bridgehead atoms. The van der Waals surface area contributed by atoms with Gasteiger partial charge in [0.05, 0.1) is 0 Å². The second kappa shape index (κ2) is 6.98. The lowest BCUT2D eigenvalue weighted by atomic mass is 9.98. The van der Waals surface area contributed by atoms with Crippen molar-refractivity contribution in [1.82, 2.24) is 24.6 Å². The van der Waals surface area contributed by atoms with Gasteiger partial charge in [-0.05, 0) is 51.7 Å². The zero-order valence-corrected chi connectivity index (χ0v) is 14.5. The third-order valence-corrected chi connectivity index (χ3v) is 4.32. The summed E-state index contributed by atoms with van der Waals surface area (Å²) in [7, 11) is 0. The van der Waals surface area contributed by atoms with Crippen molar-refractivity contribution in [2.45, 2.75) is 40.2 Å². The van der Waals surface area contributed by atoms with Crippen LogP contribution in [0, 0.1) is 26.7 Å². The van der Waals surface area contributed by atoms with Gasteiger partial charge in [0.25, 0.3) is 0 Å². The number of hydrogen-bond acceptors (Lipinski definition) is 4. The van der Waals surface area contributed by atoms with Gasteiger partial charge in [-0.15, -0.1) is 0 Å². The van der Waals surface area contributed by atoms with Crippen LogP contribution >= 0.6 is 0 Å². The Morgan fingerprint density at radius 3 is 2.83 bits per heavy atom. The van der Waals surface area contributed by atoms with Crippen LogP contribution in [0.1, 0.15) is 30.2 Å². The van der Waals surface area contributed by atoms with E-state index in [1.165, 1.54) is 0 Å². The molecule has 7 nitrogen and oxygen atoms in total. The van der Waals surface area contributed by atoms with E-state index < -0.39 is 0 Å². The average molecular weight is 328 g/mol. The fourth-order valence-corrected chi connectivity index (χ4v) is 3.18. The number of amides is 2. The molecule has 128 valence electrons. The fourth-order valence-electron chi connectivity index (χ4n) is 3.18. The average Bonchev–Trinajstić information content (AvgIpc) is 2.85. The van der Waals surface area contributed by atoms with Gasteiger partial charge < -0.3 is 4.90 Å². The molecule has 3 rings (SSSR count). The monoisotopic (exact) mass is 328 g/mol. The van der Waals surface area contributed by atoms with E-state index in [0.29, 0.717) is 11.7 Å². The standard InChI is InChI=1S/C17H24N6O/c1-12-6-4-8-16(18-12)20-17(24)22-9-5-7-15(10-22)11-23-14(3)19-13(2)21-23/h4,6,8,15H,5,7,9-11H2,1-3H3,(H,18,20,24)/t15-/m0/s1. The van der Waals surface area contributed by atoms with Crippen LogP contribution in [0.5, 0.6) is 0 Å². The minimum atomic E-state index is -0.0794. The van der Waals surface area contributed by atoms with Crippen LogP contribution in [0.4, 0.5) is 10.6 Å². The Balaban J connectivity index is 1.60. The number of nitrogens with zero attached hydrogens (tertiary/aromatic N) is 5. The van der Waals surface area contributed by atoms with Crippen LogP contribution < -0.4 is 5.32 Å². The van der Waals surface area contributed by atoms with Crippen molar-refractivity contribution >= 4 is 11.8 Å². The summed E-state index contributed by atoms with van der Waals surface area (Å²) in [5.74, 6) is 2.72. The van der Waals surface area contributed by atoms with Gasteiger partial charge in [-0.25, -0.2) is 19.4 Å². The van der Waals surface area contributed by atoms with Crippen LogP contribution in [0.25, 0.3) is 0 Å². The van der Waals surface area contributed by atoms with Crippen molar-refractivity contribution in [3.8, 4) is 0 Å². The van der Waals surface area contributed by atoms with Gasteiger partial charge >= 0.3 is 6.03 Å². The molecule has 24 heavy (non-hydrogen) atoms. The van der Waals surface area contributed by atoms with Crippen molar-refractivity contribution in [3.63, 3.8) is 0 Å². The highest BCUT2D eigenvalue weighted by molar-refractivity contribution is 5.88. The number of aromatic nitrogens is 4. The summed E-state index contributed by atoms with van der Waals surface area (Å²) < 4.78 is 1.95. The second-order valence-corrected chi connectivity index (χ2v) is 6.44. The number of carbonyl (C=O) groups is 1. The number of likely N-dealkylation sites (tertiary alicyclic amines) is 1. The first-order valence-electron chi connectivity index (χ1n) is 8.39. The molecule has 2 amide bonds. The Hall–Kier alpha value is -2.44. The summed E-state index contributed by atoms with van der Waals surface area (Å²) in [5, 5.41) is 7.32. The van der Waals surface area contributed by atoms with E-state index in [0.717, 1.165) is 49.8 Å². The molecule has 1 atom stereocenters. The predicted octanol–water partition coefficient (Wildman–Crippen LogP) is 2.54. The molecular weight excluding hydrogens is 304 g/mol. The zero-order valence-electron chi connectivity index (χ0n) is 14.5. The zero-order chi connectivity index (χ0) is 17.1. The van der Waals surface area contributed by atoms with Gasteiger partial charge in [-0.2, -0.15) is 5.10 Å². The predicted molar refractivity (Wildman–Crippen MR) is 91.8 cm³/mol. The summed E-state index contributed by atoms with van der Waals surface area (Å²) >= 11 is 0. The lowest BCUT2D eigenvalue weighted by molar-refractivity contribution is 0.168. The van der Waals surface area contributed by atoms with Gasteiger partial charge in [0.2, 0.25) is 0 Å². The first-order valence-corrected chi connectivity index (χ1v) is 8.39. The molecule has 0 unspecified atom stereocenters. The Kier molecular flexibility index (Phi) is 4.78. The van der Waals surface area contributed by atoms with E-state index in [-0.39, 0.29) is 6.03 Å². The maximum Gasteiger partial charge on any atom is 0.323 e. The molecular formula is C17H24N6O. The van der Waals surface area contributed by atoms with E-state index in [2.05, 4.69) is 20.4 Å². The van der Waals surface area contributed by atoms with Crippen molar-refractivity contribution in [2.24, 2.45) is 5.92 Å². The van der Waals surface area contributed by atoms with E-state index in [1.54, 1.807) is 0 Å². The van der Waals surface area contributed by atoms with Gasteiger partial charge in [0, 0.05) is 25.3 Å². The number of piperidine rings is 1. The lowest BCUT2D eigenvalue weighted by Gasteiger charge is -2.32. The molecule has 3 heterocycles. The van der Waals surface area contributed by atoms with Crippen molar-refractivity contribution < 1.29 is 4.79 Å². The number of urea groups is 1. The molecule has 0 aliphatic carbocycles. The van der Waals surface area contributed by atoms with Crippen LogP contribution in [-0.2, 0) is 6.54 Å². The largest absolute Gasteiger partial charge is 0.324 e. The lowest BCUT2D eigenvalue weighted by Crippen LogP contribution is -2.43. The van der Waals surface area contributed by atoms with Crippen molar-refractivity contribution in [1.29, 1.82) is 0 Å². The number of nitrogens with one attached hydrogen (secondary N) is 1. The van der Waals surface area contributed by atoms with E-state index >= 15 is 0 Å². The number of anilines is 1. The number of rotatable bonds is 3. The SMILES string of the molecule is Cc1cccc(NC(=O)N2CCC[C@H](Cn3nc(C)nc3C)C2)n1. The summed E-state index contributed by atoms with van der Waals surface area (Å²) in [6.45, 7) is 8.10. The van der Waals surface area contributed by atoms with Crippen LogP contribution in [-0.4, -0.2) is 43.8 Å². The normalized spacial score (nSPS) is 17.8. The Morgan fingerprint density at radius 2 is 2.12 bits per heavy atom. The highest BCUT2D eigenvalue weighted by Crippen LogP contribution is 2.19. The highest BCUT2D eigenvalue weighted by Gasteiger charge is 2.25. The smallest absolute Gasteiger partial charge is 0.323 e. The molecule has 2 aromatic heterocycles. The van der Waals surface area contributed by atoms with Gasteiger partial charge in [-0.3, -0.25) is 5.32 Å². The molecule has 1 N–H and O–H groups in total. The number of carbonyl (C=O) groups excluding carboxylic acids is 1. The minimum Gasteiger partial charge on any atom is -0.324 e. The highest BCUT2D eigenvalue weighted by atomic mass is 16.2. The molecule has 0 spiro atoms. The number of hydrogen-bond donors (Lipinski definition) is 1. The van der Waals surface area contributed by atoms with Crippen LogP contribution in [0.15, 0.2) is 18.2 Å². The van der Waals surface area contributed by atoms with E-state index in [9.17, 15) is 4.79 Å². The molecule has 2 aromatic rings. The Bertz CT molecular complexity index is 726. The Labute approximate surface area is 142 Å². The summed E-state index contributed by atoms with van der Waals surface area (Å²) in [6.07, 6.45) is 2.11. The van der Waals surface area contributed by atoms with Crippen LogP contribution in [0.3, 0.4) is 0 Å². The Morgan fingerprint density at radius 1 is 1.29 bits per heavy atom. The summed E-state index contributed by atoms with van der Waals surface area (Å²) in [6, 6.07) is 5.54. The molecule has 0 radical (unpaired) electrons. The number of pyridine rings is 1. The first-order chi connectivity index (χ1) is 11.5. The van der Waals surface area contributed by atoms with E-state index in [4.69, 9.17) is 0 Å². The van der Waals surface area contributed by atoms with E-state index in [1.807, 2.05) is 48.6 Å². The third-order valence-electron chi connectivity index (χ3n) is 4.32.